The normalized spacial score (nSPS) is 11.1. The van der Waals surface area contributed by atoms with E-state index in [0.717, 1.165) is 33.2 Å². The van der Waals surface area contributed by atoms with Gasteiger partial charge in [-0.2, -0.15) is 0 Å². The predicted octanol–water partition coefficient (Wildman–Crippen LogP) is 4.38. The molecule has 1 N–H and O–H groups in total. The van der Waals surface area contributed by atoms with Crippen LogP contribution in [0.2, 0.25) is 5.02 Å². The fraction of sp³-hybridized carbons (Fsp3) is 0.188. The van der Waals surface area contributed by atoms with E-state index in [-0.39, 0.29) is 0 Å². The maximum absolute atomic E-state index is 6.04. The third kappa shape index (κ3) is 2.70. The number of hydrogen-bond donors (Lipinski definition) is 1. The molecule has 3 rings (SSSR count). The quantitative estimate of drug-likeness (QED) is 0.773. The standard InChI is InChI=1S/C16H15ClN2S/c1-18-9-8-11-4-2-3-5-13(11)16-19-14-7-6-12(17)10-15(14)20-16/h2-7,10,18H,8-9H2,1H3. The molecule has 2 aromatic carbocycles. The van der Waals surface area contributed by atoms with Crippen LogP contribution >= 0.6 is 22.9 Å². The Kier molecular flexibility index (Phi) is 4.01. The molecule has 0 aliphatic rings. The lowest BCUT2D eigenvalue weighted by Crippen LogP contribution is -2.10. The zero-order valence-electron chi connectivity index (χ0n) is 11.2. The molecular weight excluding hydrogens is 288 g/mol. The van der Waals surface area contributed by atoms with Crippen LogP contribution in [0.25, 0.3) is 20.8 Å². The van der Waals surface area contributed by atoms with E-state index in [1.165, 1.54) is 11.1 Å². The fourth-order valence-electron chi connectivity index (χ4n) is 2.22. The Hall–Kier alpha value is -1.42. The van der Waals surface area contributed by atoms with Crippen molar-refractivity contribution < 1.29 is 0 Å². The van der Waals surface area contributed by atoms with Crippen LogP contribution in [0.3, 0.4) is 0 Å². The minimum atomic E-state index is 0.760. The molecule has 102 valence electrons. The van der Waals surface area contributed by atoms with Crippen molar-refractivity contribution in [2.75, 3.05) is 13.6 Å². The number of hydrogen-bond acceptors (Lipinski definition) is 3. The van der Waals surface area contributed by atoms with Gasteiger partial charge in [0.1, 0.15) is 5.01 Å². The van der Waals surface area contributed by atoms with E-state index in [9.17, 15) is 0 Å². The van der Waals surface area contributed by atoms with Gasteiger partial charge in [0.2, 0.25) is 0 Å². The minimum Gasteiger partial charge on any atom is -0.319 e. The summed E-state index contributed by atoms with van der Waals surface area (Å²) in [6.45, 7) is 0.966. The molecule has 0 atom stereocenters. The first kappa shape index (κ1) is 13.6. The summed E-state index contributed by atoms with van der Waals surface area (Å²) >= 11 is 7.74. The molecule has 3 aromatic rings. The Morgan fingerprint density at radius 2 is 2.05 bits per heavy atom. The molecular formula is C16H15ClN2S. The molecule has 2 nitrogen and oxygen atoms in total. The van der Waals surface area contributed by atoms with Crippen molar-refractivity contribution in [3.8, 4) is 10.6 Å². The lowest BCUT2D eigenvalue weighted by Gasteiger charge is -2.06. The van der Waals surface area contributed by atoms with Gasteiger partial charge in [-0.25, -0.2) is 4.98 Å². The molecule has 4 heteroatoms. The van der Waals surface area contributed by atoms with Gasteiger partial charge in [-0.15, -0.1) is 11.3 Å². The minimum absolute atomic E-state index is 0.760. The Balaban J connectivity index is 2.06. The number of halogens is 1. The van der Waals surface area contributed by atoms with Gasteiger partial charge in [0.25, 0.3) is 0 Å². The van der Waals surface area contributed by atoms with E-state index in [1.807, 2.05) is 25.2 Å². The smallest absolute Gasteiger partial charge is 0.124 e. The van der Waals surface area contributed by atoms with E-state index < -0.39 is 0 Å². The zero-order valence-corrected chi connectivity index (χ0v) is 12.8. The summed E-state index contributed by atoms with van der Waals surface area (Å²) in [6.07, 6.45) is 1.00. The molecule has 0 saturated carbocycles. The summed E-state index contributed by atoms with van der Waals surface area (Å²) in [5.74, 6) is 0. The van der Waals surface area contributed by atoms with Crippen molar-refractivity contribution >= 4 is 33.2 Å². The molecule has 0 aliphatic heterocycles. The molecule has 0 radical (unpaired) electrons. The van der Waals surface area contributed by atoms with Gasteiger partial charge in [-0.3, -0.25) is 0 Å². The molecule has 0 bridgehead atoms. The van der Waals surface area contributed by atoms with E-state index >= 15 is 0 Å². The van der Waals surface area contributed by atoms with Gasteiger partial charge in [-0.05, 0) is 43.8 Å². The van der Waals surface area contributed by atoms with Gasteiger partial charge in [0, 0.05) is 10.6 Å². The van der Waals surface area contributed by atoms with Crippen molar-refractivity contribution in [3.05, 3.63) is 53.1 Å². The topological polar surface area (TPSA) is 24.9 Å². The highest BCUT2D eigenvalue weighted by Crippen LogP contribution is 2.33. The largest absolute Gasteiger partial charge is 0.319 e. The van der Waals surface area contributed by atoms with Crippen LogP contribution in [0, 0.1) is 0 Å². The maximum atomic E-state index is 6.04. The van der Waals surface area contributed by atoms with E-state index in [1.54, 1.807) is 11.3 Å². The lowest BCUT2D eigenvalue weighted by atomic mass is 10.1. The average Bonchev–Trinajstić information content (AvgIpc) is 2.88. The van der Waals surface area contributed by atoms with Gasteiger partial charge in [0.05, 0.1) is 10.2 Å². The molecule has 0 saturated heterocycles. The molecule has 1 heterocycles. The average molecular weight is 303 g/mol. The highest BCUT2D eigenvalue weighted by molar-refractivity contribution is 7.21. The van der Waals surface area contributed by atoms with E-state index in [4.69, 9.17) is 16.6 Å². The van der Waals surface area contributed by atoms with Crippen LogP contribution in [-0.2, 0) is 6.42 Å². The Morgan fingerprint density at radius 3 is 2.90 bits per heavy atom. The zero-order chi connectivity index (χ0) is 13.9. The second kappa shape index (κ2) is 5.92. The summed E-state index contributed by atoms with van der Waals surface area (Å²) < 4.78 is 1.14. The van der Waals surface area contributed by atoms with Gasteiger partial charge < -0.3 is 5.32 Å². The molecule has 0 aliphatic carbocycles. The Morgan fingerprint density at radius 1 is 1.20 bits per heavy atom. The van der Waals surface area contributed by atoms with Crippen molar-refractivity contribution in [1.29, 1.82) is 0 Å². The third-order valence-electron chi connectivity index (χ3n) is 3.24. The third-order valence-corrected chi connectivity index (χ3v) is 4.53. The molecule has 20 heavy (non-hydrogen) atoms. The summed E-state index contributed by atoms with van der Waals surface area (Å²) in [6, 6.07) is 14.3. The monoisotopic (exact) mass is 302 g/mol. The van der Waals surface area contributed by atoms with Crippen LogP contribution in [0.15, 0.2) is 42.5 Å². The number of nitrogens with one attached hydrogen (secondary N) is 1. The number of nitrogens with zero attached hydrogens (tertiary/aromatic N) is 1. The van der Waals surface area contributed by atoms with Crippen LogP contribution in [0.1, 0.15) is 5.56 Å². The highest BCUT2D eigenvalue weighted by Gasteiger charge is 2.10. The van der Waals surface area contributed by atoms with Crippen molar-refractivity contribution in [2.24, 2.45) is 0 Å². The van der Waals surface area contributed by atoms with Gasteiger partial charge >= 0.3 is 0 Å². The number of likely N-dealkylation sites (N-methyl/N-ethyl adjacent to an activating group) is 1. The van der Waals surface area contributed by atoms with Crippen LogP contribution in [-0.4, -0.2) is 18.6 Å². The Labute approximate surface area is 127 Å². The lowest BCUT2D eigenvalue weighted by molar-refractivity contribution is 0.792. The number of rotatable bonds is 4. The maximum Gasteiger partial charge on any atom is 0.124 e. The summed E-state index contributed by atoms with van der Waals surface area (Å²) in [5.41, 5.74) is 3.56. The van der Waals surface area contributed by atoms with Crippen LogP contribution < -0.4 is 5.32 Å². The van der Waals surface area contributed by atoms with Crippen molar-refractivity contribution in [3.63, 3.8) is 0 Å². The summed E-state index contributed by atoms with van der Waals surface area (Å²) in [5, 5.41) is 5.02. The predicted molar refractivity (Wildman–Crippen MR) is 87.7 cm³/mol. The second-order valence-electron chi connectivity index (χ2n) is 4.64. The molecule has 0 unspecified atom stereocenters. The SMILES string of the molecule is CNCCc1ccccc1-c1nc2ccc(Cl)cc2s1. The molecule has 0 spiro atoms. The molecule has 1 aromatic heterocycles. The first-order valence-electron chi connectivity index (χ1n) is 6.57. The van der Waals surface area contributed by atoms with Gasteiger partial charge in [0.15, 0.2) is 0 Å². The highest BCUT2D eigenvalue weighted by atomic mass is 35.5. The van der Waals surface area contributed by atoms with Crippen molar-refractivity contribution in [2.45, 2.75) is 6.42 Å². The number of fused-ring (bicyclic) bond motifs is 1. The van der Waals surface area contributed by atoms with E-state index in [0.29, 0.717) is 0 Å². The number of aromatic nitrogens is 1. The van der Waals surface area contributed by atoms with Crippen LogP contribution in [0.4, 0.5) is 0 Å². The molecule has 0 amide bonds. The first-order valence-corrected chi connectivity index (χ1v) is 7.76. The first-order chi connectivity index (χ1) is 9.78. The summed E-state index contributed by atoms with van der Waals surface area (Å²) in [4.78, 5) is 4.73. The van der Waals surface area contributed by atoms with Crippen molar-refractivity contribution in [1.82, 2.24) is 10.3 Å². The summed E-state index contributed by atoms with van der Waals surface area (Å²) in [7, 11) is 1.97. The number of benzene rings is 2. The van der Waals surface area contributed by atoms with E-state index in [2.05, 4.69) is 29.6 Å². The van der Waals surface area contributed by atoms with Gasteiger partial charge in [-0.1, -0.05) is 35.9 Å². The van der Waals surface area contributed by atoms with Crippen LogP contribution in [0.5, 0.6) is 0 Å². The number of thiazole rings is 1. The fourth-order valence-corrected chi connectivity index (χ4v) is 3.52. The molecule has 0 fully saturated rings. The Bertz CT molecular complexity index is 736. The second-order valence-corrected chi connectivity index (χ2v) is 6.11.